The van der Waals surface area contributed by atoms with Crippen molar-refractivity contribution in [2.45, 2.75) is 25.5 Å². The van der Waals surface area contributed by atoms with Gasteiger partial charge in [-0.15, -0.1) is 11.3 Å². The molecule has 0 spiro atoms. The van der Waals surface area contributed by atoms with Gasteiger partial charge >= 0.3 is 0 Å². The van der Waals surface area contributed by atoms with Gasteiger partial charge in [0.15, 0.2) is 5.11 Å². The zero-order valence-corrected chi connectivity index (χ0v) is 16.4. The number of ether oxygens (including phenoxy) is 2. The lowest BCUT2D eigenvalue weighted by atomic mass is 10.2. The van der Waals surface area contributed by atoms with Gasteiger partial charge in [-0.3, -0.25) is 0 Å². The Morgan fingerprint density at radius 3 is 3.00 bits per heavy atom. The molecule has 0 radical (unpaired) electrons. The molecule has 134 valence electrons. The number of nitrogens with zero attached hydrogens (tertiary/aromatic N) is 1. The van der Waals surface area contributed by atoms with E-state index in [0.717, 1.165) is 44.0 Å². The molecule has 1 aliphatic heterocycles. The fourth-order valence-electron chi connectivity index (χ4n) is 2.76. The van der Waals surface area contributed by atoms with Crippen LogP contribution in [0.5, 0.6) is 5.75 Å². The average molecular weight is 397 g/mol. The Morgan fingerprint density at radius 2 is 2.36 bits per heavy atom. The van der Waals surface area contributed by atoms with E-state index < -0.39 is 0 Å². The quantitative estimate of drug-likeness (QED) is 0.710. The lowest BCUT2D eigenvalue weighted by molar-refractivity contribution is 0.0907. The molecule has 1 fully saturated rings. The molecule has 1 aliphatic rings. The fourth-order valence-corrected chi connectivity index (χ4v) is 3.95. The first-order valence-corrected chi connectivity index (χ1v) is 9.86. The first-order chi connectivity index (χ1) is 12.2. The number of nitrogens with one attached hydrogen (secondary N) is 1. The summed E-state index contributed by atoms with van der Waals surface area (Å²) in [7, 11) is 1.62. The number of anilines is 1. The minimum Gasteiger partial charge on any atom is -0.497 e. The highest BCUT2D eigenvalue weighted by Gasteiger charge is 2.22. The van der Waals surface area contributed by atoms with Gasteiger partial charge in [-0.05, 0) is 48.6 Å². The Balaban J connectivity index is 1.71. The Kier molecular flexibility index (Phi) is 6.53. The molecule has 4 nitrogen and oxygen atoms in total. The Bertz CT molecular complexity index is 703. The highest BCUT2D eigenvalue weighted by atomic mass is 35.5. The highest BCUT2D eigenvalue weighted by molar-refractivity contribution is 7.80. The van der Waals surface area contributed by atoms with E-state index in [2.05, 4.69) is 27.7 Å². The van der Waals surface area contributed by atoms with E-state index in [1.54, 1.807) is 24.5 Å². The minimum atomic E-state index is 0.228. The van der Waals surface area contributed by atoms with E-state index in [9.17, 15) is 0 Å². The van der Waals surface area contributed by atoms with Crippen LogP contribution in [0, 0.1) is 0 Å². The molecule has 3 rings (SSSR count). The molecule has 1 unspecified atom stereocenters. The summed E-state index contributed by atoms with van der Waals surface area (Å²) >= 11 is 13.7. The van der Waals surface area contributed by atoms with Crippen molar-refractivity contribution in [1.82, 2.24) is 4.90 Å². The second-order valence-corrected chi connectivity index (χ2v) is 7.70. The molecule has 1 aromatic heterocycles. The predicted molar refractivity (Wildman–Crippen MR) is 108 cm³/mol. The summed E-state index contributed by atoms with van der Waals surface area (Å²) in [6, 6.07) is 9.69. The van der Waals surface area contributed by atoms with E-state index in [1.807, 2.05) is 12.1 Å². The zero-order valence-electron chi connectivity index (χ0n) is 14.0. The molecule has 0 bridgehead atoms. The van der Waals surface area contributed by atoms with Gasteiger partial charge < -0.3 is 19.7 Å². The Morgan fingerprint density at radius 1 is 1.48 bits per heavy atom. The normalized spacial score (nSPS) is 16.6. The van der Waals surface area contributed by atoms with Crippen molar-refractivity contribution in [2.75, 3.05) is 25.6 Å². The molecule has 1 N–H and O–H groups in total. The summed E-state index contributed by atoms with van der Waals surface area (Å²) in [6.45, 7) is 2.37. The van der Waals surface area contributed by atoms with Crippen LogP contribution in [-0.4, -0.2) is 36.4 Å². The van der Waals surface area contributed by atoms with Crippen LogP contribution in [0.3, 0.4) is 0 Å². The van der Waals surface area contributed by atoms with Gasteiger partial charge in [0.25, 0.3) is 0 Å². The number of thiophene rings is 1. The van der Waals surface area contributed by atoms with Crippen molar-refractivity contribution in [1.29, 1.82) is 0 Å². The lowest BCUT2D eigenvalue weighted by Crippen LogP contribution is -2.39. The minimum absolute atomic E-state index is 0.228. The summed E-state index contributed by atoms with van der Waals surface area (Å²) in [5, 5.41) is 6.57. The molecule has 7 heteroatoms. The Hall–Kier alpha value is -1.34. The van der Waals surface area contributed by atoms with E-state index in [0.29, 0.717) is 10.1 Å². The number of benzene rings is 1. The lowest BCUT2D eigenvalue weighted by Gasteiger charge is -2.28. The second kappa shape index (κ2) is 8.85. The van der Waals surface area contributed by atoms with Crippen molar-refractivity contribution >= 4 is 46.0 Å². The van der Waals surface area contributed by atoms with Gasteiger partial charge in [0.2, 0.25) is 0 Å². The van der Waals surface area contributed by atoms with Crippen molar-refractivity contribution < 1.29 is 9.47 Å². The number of thiocarbonyl (C=S) groups is 1. The van der Waals surface area contributed by atoms with Gasteiger partial charge in [-0.1, -0.05) is 17.7 Å². The predicted octanol–water partition coefficient (Wildman–Crippen LogP) is 4.79. The summed E-state index contributed by atoms with van der Waals surface area (Å²) in [4.78, 5) is 3.42. The van der Waals surface area contributed by atoms with Gasteiger partial charge in [0, 0.05) is 24.1 Å². The third-order valence-electron chi connectivity index (χ3n) is 4.08. The first-order valence-electron chi connectivity index (χ1n) is 8.19. The second-order valence-electron chi connectivity index (χ2n) is 5.87. The molecule has 0 amide bonds. The Labute approximate surface area is 162 Å². The summed E-state index contributed by atoms with van der Waals surface area (Å²) < 4.78 is 11.0. The van der Waals surface area contributed by atoms with Crippen molar-refractivity contribution in [3.8, 4) is 5.75 Å². The van der Waals surface area contributed by atoms with Gasteiger partial charge in [-0.25, -0.2) is 0 Å². The smallest absolute Gasteiger partial charge is 0.173 e. The number of rotatable bonds is 6. The molecule has 25 heavy (non-hydrogen) atoms. The largest absolute Gasteiger partial charge is 0.497 e. The van der Waals surface area contributed by atoms with Crippen molar-refractivity contribution in [2.24, 2.45) is 0 Å². The molecule has 1 atom stereocenters. The van der Waals surface area contributed by atoms with Crippen LogP contribution in [0.25, 0.3) is 0 Å². The molecule has 2 heterocycles. The SMILES string of the molecule is COc1ccc(NC(=S)N(Cc2cccs2)CC2CCCO2)c(Cl)c1. The molecule has 2 aromatic rings. The number of halogens is 1. The molecule has 1 saturated heterocycles. The van der Waals surface area contributed by atoms with Crippen LogP contribution in [-0.2, 0) is 11.3 Å². The van der Waals surface area contributed by atoms with E-state index in [4.69, 9.17) is 33.3 Å². The van der Waals surface area contributed by atoms with E-state index in [-0.39, 0.29) is 6.10 Å². The monoisotopic (exact) mass is 396 g/mol. The van der Waals surface area contributed by atoms with Gasteiger partial charge in [0.1, 0.15) is 5.75 Å². The molecular weight excluding hydrogens is 376 g/mol. The van der Waals surface area contributed by atoms with Crippen LogP contribution >= 0.6 is 35.2 Å². The highest BCUT2D eigenvalue weighted by Crippen LogP contribution is 2.27. The van der Waals surface area contributed by atoms with Crippen LogP contribution in [0.4, 0.5) is 5.69 Å². The molecule has 0 aliphatic carbocycles. The van der Waals surface area contributed by atoms with Crippen LogP contribution in [0.15, 0.2) is 35.7 Å². The fraction of sp³-hybridized carbons (Fsp3) is 0.389. The van der Waals surface area contributed by atoms with Crippen LogP contribution in [0.2, 0.25) is 5.02 Å². The summed E-state index contributed by atoms with van der Waals surface area (Å²) in [5.74, 6) is 0.719. The average Bonchev–Trinajstić information content (AvgIpc) is 3.30. The number of hydrogen-bond acceptors (Lipinski definition) is 4. The maximum Gasteiger partial charge on any atom is 0.173 e. The zero-order chi connectivity index (χ0) is 17.6. The van der Waals surface area contributed by atoms with Crippen molar-refractivity contribution in [3.63, 3.8) is 0 Å². The van der Waals surface area contributed by atoms with Gasteiger partial charge in [0.05, 0.1) is 30.5 Å². The van der Waals surface area contributed by atoms with Gasteiger partial charge in [-0.2, -0.15) is 0 Å². The number of hydrogen-bond donors (Lipinski definition) is 1. The summed E-state index contributed by atoms with van der Waals surface area (Å²) in [5.41, 5.74) is 0.774. The molecular formula is C18H21ClN2O2S2. The molecule has 1 aromatic carbocycles. The maximum atomic E-state index is 6.33. The third kappa shape index (κ3) is 5.07. The standard InChI is InChI=1S/C18H21ClN2O2S2/c1-22-13-6-7-17(16(19)10-13)20-18(24)21(11-14-4-2-8-23-14)12-15-5-3-9-25-15/h3,5-7,9-10,14H,2,4,8,11-12H2,1H3,(H,20,24). The first kappa shape index (κ1) is 18.5. The van der Waals surface area contributed by atoms with E-state index in [1.165, 1.54) is 4.88 Å². The van der Waals surface area contributed by atoms with E-state index >= 15 is 0 Å². The number of methoxy groups -OCH3 is 1. The van der Waals surface area contributed by atoms with Crippen LogP contribution < -0.4 is 10.1 Å². The topological polar surface area (TPSA) is 33.7 Å². The summed E-state index contributed by atoms with van der Waals surface area (Å²) in [6.07, 6.45) is 2.42. The van der Waals surface area contributed by atoms with Crippen LogP contribution in [0.1, 0.15) is 17.7 Å². The van der Waals surface area contributed by atoms with Crippen molar-refractivity contribution in [3.05, 3.63) is 45.6 Å². The third-order valence-corrected chi connectivity index (χ3v) is 5.61. The maximum absolute atomic E-state index is 6.33. The molecule has 0 saturated carbocycles.